The summed E-state index contributed by atoms with van der Waals surface area (Å²) in [5, 5.41) is 2.54. The van der Waals surface area contributed by atoms with Gasteiger partial charge in [-0.3, -0.25) is 9.59 Å². The van der Waals surface area contributed by atoms with Crippen molar-refractivity contribution < 1.29 is 18.0 Å². The van der Waals surface area contributed by atoms with Gasteiger partial charge in [-0.1, -0.05) is 0 Å². The van der Waals surface area contributed by atoms with Crippen LogP contribution in [0.5, 0.6) is 0 Å². The highest BCUT2D eigenvalue weighted by Crippen LogP contribution is 2.21. The number of likely N-dealkylation sites (N-methyl/N-ethyl adjacent to an activating group) is 1. The van der Waals surface area contributed by atoms with Gasteiger partial charge >= 0.3 is 0 Å². The fourth-order valence-corrected chi connectivity index (χ4v) is 3.36. The molecule has 9 heteroatoms. The van der Waals surface area contributed by atoms with E-state index in [9.17, 15) is 18.0 Å². The molecule has 22 heavy (non-hydrogen) atoms. The molecule has 8 nitrogen and oxygen atoms in total. The molecule has 0 spiro atoms. The van der Waals surface area contributed by atoms with Crippen molar-refractivity contribution >= 4 is 21.8 Å². The Bertz CT molecular complexity index is 680. The Hall–Kier alpha value is -1.87. The van der Waals surface area contributed by atoms with Gasteiger partial charge in [0.2, 0.25) is 15.9 Å². The lowest BCUT2D eigenvalue weighted by atomic mass is 10.2. The Balaban J connectivity index is 2.24. The summed E-state index contributed by atoms with van der Waals surface area (Å²) >= 11 is 0. The molecule has 1 aromatic rings. The van der Waals surface area contributed by atoms with Crippen LogP contribution in [-0.4, -0.2) is 68.2 Å². The summed E-state index contributed by atoms with van der Waals surface area (Å²) in [6.45, 7) is 0.478. The van der Waals surface area contributed by atoms with Gasteiger partial charge in [0.25, 0.3) is 5.91 Å². The number of carbonyl (C=O) groups excluding carboxylic acids is 2. The molecule has 1 fully saturated rings. The van der Waals surface area contributed by atoms with E-state index < -0.39 is 16.1 Å². The third-order valence-electron chi connectivity index (χ3n) is 3.73. The highest BCUT2D eigenvalue weighted by molar-refractivity contribution is 7.89. The molecule has 2 rings (SSSR count). The summed E-state index contributed by atoms with van der Waals surface area (Å²) in [6, 6.07) is 0.798. The van der Waals surface area contributed by atoms with E-state index in [0.29, 0.717) is 13.0 Å². The first kappa shape index (κ1) is 16.5. The molecule has 2 N–H and O–H groups in total. The monoisotopic (exact) mass is 328 g/mol. The highest BCUT2D eigenvalue weighted by Gasteiger charge is 2.35. The van der Waals surface area contributed by atoms with E-state index in [1.54, 1.807) is 0 Å². The number of sulfonamides is 1. The lowest BCUT2D eigenvalue weighted by molar-refractivity contribution is -0.124. The second kappa shape index (κ2) is 6.09. The van der Waals surface area contributed by atoms with Gasteiger partial charge in [-0.25, -0.2) is 12.7 Å². The Morgan fingerprint density at radius 3 is 2.68 bits per heavy atom. The minimum atomic E-state index is -3.60. The first-order valence-electron chi connectivity index (χ1n) is 6.92. The average molecular weight is 328 g/mol. The zero-order valence-corrected chi connectivity index (χ0v) is 13.6. The number of carbonyl (C=O) groups is 2. The summed E-state index contributed by atoms with van der Waals surface area (Å²) in [7, 11) is 0.777. The van der Waals surface area contributed by atoms with Crippen molar-refractivity contribution in [2.75, 3.05) is 27.7 Å². The van der Waals surface area contributed by atoms with Crippen molar-refractivity contribution in [3.8, 4) is 0 Å². The van der Waals surface area contributed by atoms with Crippen LogP contribution >= 0.6 is 0 Å². The molecule has 1 aromatic heterocycles. The van der Waals surface area contributed by atoms with E-state index in [2.05, 4.69) is 10.3 Å². The van der Waals surface area contributed by atoms with E-state index in [-0.39, 0.29) is 22.4 Å². The second-order valence-electron chi connectivity index (χ2n) is 5.31. The topological polar surface area (TPSA) is 103 Å². The molecule has 0 radical (unpaired) electrons. The van der Waals surface area contributed by atoms with Crippen molar-refractivity contribution in [1.29, 1.82) is 0 Å². The molecule has 122 valence electrons. The first-order chi connectivity index (χ1) is 10.3. The number of hydrogen-bond acceptors (Lipinski definition) is 4. The van der Waals surface area contributed by atoms with Crippen LogP contribution in [0.4, 0.5) is 0 Å². The van der Waals surface area contributed by atoms with Crippen molar-refractivity contribution in [3.63, 3.8) is 0 Å². The number of amides is 2. The van der Waals surface area contributed by atoms with Crippen LogP contribution < -0.4 is 5.32 Å². The predicted molar refractivity (Wildman–Crippen MR) is 79.8 cm³/mol. The molecule has 2 heterocycles. The molecule has 1 aliphatic rings. The summed E-state index contributed by atoms with van der Waals surface area (Å²) in [4.78, 5) is 28.5. The van der Waals surface area contributed by atoms with E-state index in [0.717, 1.165) is 10.7 Å². The molecule has 0 aliphatic carbocycles. The molecule has 1 saturated heterocycles. The quantitative estimate of drug-likeness (QED) is 0.786. The molecule has 2 amide bonds. The molecular formula is C13H20N4O4S. The number of nitrogens with one attached hydrogen (secondary N) is 2. The van der Waals surface area contributed by atoms with Crippen LogP contribution in [0.1, 0.15) is 23.3 Å². The SMILES string of the molecule is CNC(=O)[C@@H]1CCCN1C(=O)c1cc(S(=O)(=O)N(C)C)c[nH]1. The number of likely N-dealkylation sites (tertiary alicyclic amines) is 1. The summed E-state index contributed by atoms with van der Waals surface area (Å²) in [5.74, 6) is -0.579. The lowest BCUT2D eigenvalue weighted by Crippen LogP contribution is -2.45. The summed E-state index contributed by atoms with van der Waals surface area (Å²) in [6.07, 6.45) is 2.63. The Morgan fingerprint density at radius 2 is 2.09 bits per heavy atom. The second-order valence-corrected chi connectivity index (χ2v) is 7.46. The van der Waals surface area contributed by atoms with Crippen molar-refractivity contribution in [3.05, 3.63) is 18.0 Å². The van der Waals surface area contributed by atoms with Crippen LogP contribution in [0.15, 0.2) is 17.2 Å². The number of aromatic nitrogens is 1. The van der Waals surface area contributed by atoms with Gasteiger partial charge < -0.3 is 15.2 Å². The van der Waals surface area contributed by atoms with Gasteiger partial charge in [-0.15, -0.1) is 0 Å². The fraction of sp³-hybridized carbons (Fsp3) is 0.538. The average Bonchev–Trinajstić information content (AvgIpc) is 3.14. The van der Waals surface area contributed by atoms with E-state index in [4.69, 9.17) is 0 Å². The van der Waals surface area contributed by atoms with E-state index in [1.165, 1.54) is 38.3 Å². The van der Waals surface area contributed by atoms with E-state index in [1.807, 2.05) is 0 Å². The molecule has 0 bridgehead atoms. The van der Waals surface area contributed by atoms with Crippen molar-refractivity contribution in [2.24, 2.45) is 0 Å². The minimum absolute atomic E-state index is 0.0246. The molecular weight excluding hydrogens is 308 g/mol. The van der Waals surface area contributed by atoms with E-state index >= 15 is 0 Å². The van der Waals surface area contributed by atoms with Gasteiger partial charge in [-0.05, 0) is 18.9 Å². The smallest absolute Gasteiger partial charge is 0.270 e. The van der Waals surface area contributed by atoms with Gasteiger partial charge in [0.1, 0.15) is 16.6 Å². The Morgan fingerprint density at radius 1 is 1.41 bits per heavy atom. The third-order valence-corrected chi connectivity index (χ3v) is 5.52. The number of rotatable bonds is 4. The third kappa shape index (κ3) is 2.86. The zero-order chi connectivity index (χ0) is 16.5. The first-order valence-corrected chi connectivity index (χ1v) is 8.36. The molecule has 0 saturated carbocycles. The summed E-state index contributed by atoms with van der Waals surface area (Å²) in [5.41, 5.74) is 0.163. The van der Waals surface area contributed by atoms with Crippen LogP contribution in [0, 0.1) is 0 Å². The van der Waals surface area contributed by atoms with Gasteiger partial charge in [0.15, 0.2) is 0 Å². The maximum absolute atomic E-state index is 12.5. The fourth-order valence-electron chi connectivity index (χ4n) is 2.46. The Kier molecular flexibility index (Phi) is 4.57. The number of hydrogen-bond donors (Lipinski definition) is 2. The van der Waals surface area contributed by atoms with Gasteiger partial charge in [0.05, 0.1) is 0 Å². The van der Waals surface area contributed by atoms with Gasteiger partial charge in [-0.2, -0.15) is 0 Å². The van der Waals surface area contributed by atoms with Crippen molar-refractivity contribution in [1.82, 2.24) is 19.5 Å². The molecule has 1 aliphatic heterocycles. The van der Waals surface area contributed by atoms with Crippen LogP contribution in [-0.2, 0) is 14.8 Å². The van der Waals surface area contributed by atoms with Crippen molar-refractivity contribution in [2.45, 2.75) is 23.8 Å². The number of H-pyrrole nitrogens is 1. The number of nitrogens with zero attached hydrogens (tertiary/aromatic N) is 2. The lowest BCUT2D eigenvalue weighted by Gasteiger charge is -2.22. The predicted octanol–water partition coefficient (Wildman–Crippen LogP) is -0.384. The minimum Gasteiger partial charge on any atom is -0.357 e. The Labute approximate surface area is 129 Å². The molecule has 0 unspecified atom stereocenters. The van der Waals surface area contributed by atoms with Gasteiger partial charge in [0, 0.05) is 33.9 Å². The maximum Gasteiger partial charge on any atom is 0.270 e. The highest BCUT2D eigenvalue weighted by atomic mass is 32.2. The zero-order valence-electron chi connectivity index (χ0n) is 12.8. The van der Waals surface area contributed by atoms with Crippen LogP contribution in [0.2, 0.25) is 0 Å². The summed E-state index contributed by atoms with van der Waals surface area (Å²) < 4.78 is 25.1. The molecule has 0 aromatic carbocycles. The van der Waals surface area contributed by atoms with Crippen LogP contribution in [0.3, 0.4) is 0 Å². The largest absolute Gasteiger partial charge is 0.357 e. The standard InChI is InChI=1S/C13H20N4O4S/c1-14-12(18)11-5-4-6-17(11)13(19)10-7-9(8-15-10)22(20,21)16(2)3/h7-8,11,15H,4-6H2,1-3H3,(H,14,18)/t11-/m0/s1. The normalized spacial score (nSPS) is 18.7. The maximum atomic E-state index is 12.5. The van der Waals surface area contributed by atoms with Crippen LogP contribution in [0.25, 0.3) is 0 Å². The molecule has 1 atom stereocenters. The number of aromatic amines is 1.